The monoisotopic (exact) mass is 251 g/mol. The van der Waals surface area contributed by atoms with Crippen molar-refractivity contribution in [2.75, 3.05) is 12.5 Å². The van der Waals surface area contributed by atoms with Crippen LogP contribution in [0.3, 0.4) is 0 Å². The van der Waals surface area contributed by atoms with E-state index < -0.39 is 0 Å². The highest BCUT2D eigenvalue weighted by Gasteiger charge is 2.45. The summed E-state index contributed by atoms with van der Waals surface area (Å²) in [4.78, 5) is 12.2. The van der Waals surface area contributed by atoms with Crippen LogP contribution in [-0.4, -0.2) is 23.9 Å². The number of benzene rings is 1. The van der Waals surface area contributed by atoms with Crippen LogP contribution in [0.25, 0.3) is 0 Å². The highest BCUT2D eigenvalue weighted by atomic mass is 35.5. The van der Waals surface area contributed by atoms with Gasteiger partial charge < -0.3 is 10.1 Å². The largest absolute Gasteiger partial charge is 0.492 e. The Bertz CT molecular complexity index is 456. The number of halogens is 1. The maximum atomic E-state index is 12.2. The number of hydrogen-bond donors (Lipinski definition) is 1. The van der Waals surface area contributed by atoms with E-state index in [9.17, 15) is 4.79 Å². The van der Waals surface area contributed by atoms with Gasteiger partial charge in [0.25, 0.3) is 0 Å². The minimum atomic E-state index is -0.188. The van der Waals surface area contributed by atoms with Gasteiger partial charge in [-0.15, -0.1) is 11.6 Å². The number of rotatable bonds is 3. The van der Waals surface area contributed by atoms with Crippen LogP contribution >= 0.6 is 11.6 Å². The molecule has 0 saturated heterocycles. The lowest BCUT2D eigenvalue weighted by molar-refractivity contribution is -0.123. The molecule has 4 heteroatoms. The van der Waals surface area contributed by atoms with E-state index in [1.807, 2.05) is 24.3 Å². The lowest BCUT2D eigenvalue weighted by Crippen LogP contribution is -2.41. The van der Waals surface area contributed by atoms with Gasteiger partial charge in [0.1, 0.15) is 18.3 Å². The van der Waals surface area contributed by atoms with Gasteiger partial charge in [-0.3, -0.25) is 4.79 Å². The molecule has 1 amide bonds. The van der Waals surface area contributed by atoms with Crippen molar-refractivity contribution in [1.29, 1.82) is 0 Å². The van der Waals surface area contributed by atoms with Gasteiger partial charge in [0.15, 0.2) is 0 Å². The predicted octanol–water partition coefficient (Wildman–Crippen LogP) is 2.05. The van der Waals surface area contributed by atoms with Crippen LogP contribution in [0.2, 0.25) is 0 Å². The van der Waals surface area contributed by atoms with Gasteiger partial charge in [0.05, 0.1) is 5.54 Å². The van der Waals surface area contributed by atoms with Crippen molar-refractivity contribution >= 4 is 17.5 Å². The Kier molecular flexibility index (Phi) is 2.51. The fourth-order valence-electron chi connectivity index (χ4n) is 2.17. The molecule has 1 aromatic rings. The first-order chi connectivity index (χ1) is 8.24. The molecule has 0 aromatic heterocycles. The second-order valence-corrected chi connectivity index (χ2v) is 5.07. The molecule has 1 aliphatic heterocycles. The molecule has 1 fully saturated rings. The molecule has 0 bridgehead atoms. The summed E-state index contributed by atoms with van der Waals surface area (Å²) in [6.07, 6.45) is 1.97. The second kappa shape index (κ2) is 3.91. The topological polar surface area (TPSA) is 38.3 Å². The van der Waals surface area contributed by atoms with E-state index in [1.54, 1.807) is 0 Å². The van der Waals surface area contributed by atoms with Gasteiger partial charge in [-0.05, 0) is 18.9 Å². The van der Waals surface area contributed by atoms with Crippen LogP contribution in [0.4, 0.5) is 0 Å². The van der Waals surface area contributed by atoms with E-state index in [2.05, 4.69) is 5.32 Å². The number of ether oxygens (including phenoxy) is 1. The van der Waals surface area contributed by atoms with E-state index in [4.69, 9.17) is 16.3 Å². The van der Waals surface area contributed by atoms with Crippen LogP contribution in [-0.2, 0) is 4.79 Å². The molecule has 1 atom stereocenters. The number of hydrogen-bond acceptors (Lipinski definition) is 2. The number of fused-ring (bicyclic) bond motifs is 1. The summed E-state index contributed by atoms with van der Waals surface area (Å²) in [5, 5.41) is 3.05. The molecule has 3 rings (SSSR count). The molecule has 90 valence electrons. The van der Waals surface area contributed by atoms with Crippen LogP contribution in [0.1, 0.15) is 24.3 Å². The lowest BCUT2D eigenvalue weighted by atomic mass is 10.00. The minimum absolute atomic E-state index is 0.0353. The zero-order valence-electron chi connectivity index (χ0n) is 9.41. The summed E-state index contributed by atoms with van der Waals surface area (Å²) in [5.74, 6) is 1.16. The van der Waals surface area contributed by atoms with Crippen molar-refractivity contribution in [2.45, 2.75) is 24.3 Å². The third kappa shape index (κ3) is 1.89. The number of alkyl halides is 1. The molecule has 3 nitrogen and oxygen atoms in total. The molecular formula is C13H14ClNO2. The molecule has 1 saturated carbocycles. The zero-order valence-corrected chi connectivity index (χ0v) is 10.2. The maximum Gasteiger partial charge on any atom is 0.231 e. The minimum Gasteiger partial charge on any atom is -0.492 e. The number of nitrogens with one attached hydrogen (secondary N) is 1. The van der Waals surface area contributed by atoms with Crippen LogP contribution in [0, 0.1) is 0 Å². The highest BCUT2D eigenvalue weighted by molar-refractivity contribution is 6.19. The molecule has 1 heterocycles. The van der Waals surface area contributed by atoms with Gasteiger partial charge in [0, 0.05) is 11.4 Å². The van der Waals surface area contributed by atoms with E-state index in [0.29, 0.717) is 12.5 Å². The molecule has 17 heavy (non-hydrogen) atoms. The normalized spacial score (nSPS) is 23.7. The SMILES string of the molecule is O=C(NC1(CCl)CC1)C1COc2ccccc21. The molecular weight excluding hydrogens is 238 g/mol. The van der Waals surface area contributed by atoms with E-state index in [0.717, 1.165) is 24.2 Å². The first kappa shape index (κ1) is 10.9. The van der Waals surface area contributed by atoms with Gasteiger partial charge in [0.2, 0.25) is 5.91 Å². The fraction of sp³-hybridized carbons (Fsp3) is 0.462. The summed E-state index contributed by atoms with van der Waals surface area (Å²) < 4.78 is 5.51. The van der Waals surface area contributed by atoms with Crippen LogP contribution in [0.15, 0.2) is 24.3 Å². The third-order valence-electron chi connectivity index (χ3n) is 3.51. The summed E-state index contributed by atoms with van der Waals surface area (Å²) in [7, 11) is 0. The molecule has 0 radical (unpaired) electrons. The first-order valence-corrected chi connectivity index (χ1v) is 6.37. The number of carbonyl (C=O) groups is 1. The van der Waals surface area contributed by atoms with Gasteiger partial charge in [-0.2, -0.15) is 0 Å². The first-order valence-electron chi connectivity index (χ1n) is 5.84. The number of para-hydroxylation sites is 1. The maximum absolute atomic E-state index is 12.2. The van der Waals surface area contributed by atoms with E-state index in [1.165, 1.54) is 0 Å². The van der Waals surface area contributed by atoms with Crippen molar-refractivity contribution in [3.05, 3.63) is 29.8 Å². The van der Waals surface area contributed by atoms with Gasteiger partial charge >= 0.3 is 0 Å². The molecule has 1 aliphatic carbocycles. The van der Waals surface area contributed by atoms with Crippen molar-refractivity contribution < 1.29 is 9.53 Å². The standard InChI is InChI=1S/C13H14ClNO2/c14-8-13(5-6-13)15-12(16)10-7-17-11-4-2-1-3-9(10)11/h1-4,10H,5-8H2,(H,15,16). The lowest BCUT2D eigenvalue weighted by Gasteiger charge is -2.17. The predicted molar refractivity (Wildman–Crippen MR) is 65.5 cm³/mol. The van der Waals surface area contributed by atoms with E-state index >= 15 is 0 Å². The third-order valence-corrected chi connectivity index (χ3v) is 4.03. The fourth-order valence-corrected chi connectivity index (χ4v) is 2.51. The van der Waals surface area contributed by atoms with Crippen molar-refractivity contribution in [3.8, 4) is 5.75 Å². The molecule has 1 unspecified atom stereocenters. The smallest absolute Gasteiger partial charge is 0.231 e. The second-order valence-electron chi connectivity index (χ2n) is 4.80. The van der Waals surface area contributed by atoms with Gasteiger partial charge in [-0.25, -0.2) is 0 Å². The van der Waals surface area contributed by atoms with Crippen molar-refractivity contribution in [3.63, 3.8) is 0 Å². The molecule has 0 spiro atoms. The summed E-state index contributed by atoms with van der Waals surface area (Å²) in [6.45, 7) is 0.434. The Morgan fingerprint density at radius 1 is 1.47 bits per heavy atom. The highest BCUT2D eigenvalue weighted by Crippen LogP contribution is 2.39. The Morgan fingerprint density at radius 3 is 2.94 bits per heavy atom. The van der Waals surface area contributed by atoms with E-state index in [-0.39, 0.29) is 17.4 Å². The molecule has 1 N–H and O–H groups in total. The molecule has 1 aromatic carbocycles. The Hall–Kier alpha value is -1.22. The van der Waals surface area contributed by atoms with Crippen molar-refractivity contribution in [2.24, 2.45) is 0 Å². The number of amides is 1. The quantitative estimate of drug-likeness (QED) is 0.835. The average molecular weight is 252 g/mol. The molecule has 2 aliphatic rings. The number of carbonyl (C=O) groups excluding carboxylic acids is 1. The summed E-state index contributed by atoms with van der Waals surface area (Å²) in [6, 6.07) is 7.70. The zero-order chi connectivity index (χ0) is 11.9. The van der Waals surface area contributed by atoms with Crippen LogP contribution in [0.5, 0.6) is 5.75 Å². The summed E-state index contributed by atoms with van der Waals surface area (Å²) >= 11 is 5.86. The average Bonchev–Trinajstić information content (AvgIpc) is 2.99. The summed E-state index contributed by atoms with van der Waals surface area (Å²) in [5.41, 5.74) is 0.839. The van der Waals surface area contributed by atoms with Gasteiger partial charge in [-0.1, -0.05) is 18.2 Å². The van der Waals surface area contributed by atoms with Crippen LogP contribution < -0.4 is 10.1 Å². The van der Waals surface area contributed by atoms with Crippen molar-refractivity contribution in [1.82, 2.24) is 5.32 Å². The Labute approximate surface area is 105 Å². The Morgan fingerprint density at radius 2 is 2.24 bits per heavy atom. The Balaban J connectivity index is 1.76.